The van der Waals surface area contributed by atoms with Crippen molar-refractivity contribution in [1.29, 1.82) is 0 Å². The molecule has 1 rings (SSSR count). The molecule has 1 fully saturated rings. The zero-order valence-corrected chi connectivity index (χ0v) is 13.3. The number of likely N-dealkylation sites (tertiary alicyclic amines) is 1. The van der Waals surface area contributed by atoms with Crippen LogP contribution in [0.1, 0.15) is 46.5 Å². The molecule has 20 heavy (non-hydrogen) atoms. The summed E-state index contributed by atoms with van der Waals surface area (Å²) >= 11 is 0. The number of likely N-dealkylation sites (N-methyl/N-ethyl adjacent to an activating group) is 1. The van der Waals surface area contributed by atoms with E-state index < -0.39 is 0 Å². The minimum absolute atomic E-state index is 0.0306. The van der Waals surface area contributed by atoms with Gasteiger partial charge in [-0.1, -0.05) is 12.8 Å². The van der Waals surface area contributed by atoms with Crippen molar-refractivity contribution in [3.8, 4) is 0 Å². The summed E-state index contributed by atoms with van der Waals surface area (Å²) in [5, 5.41) is 3.13. The van der Waals surface area contributed by atoms with Crippen LogP contribution in [0.5, 0.6) is 0 Å². The maximum atomic E-state index is 12.4. The number of carbonyl (C=O) groups is 2. The van der Waals surface area contributed by atoms with Crippen molar-refractivity contribution in [1.82, 2.24) is 15.1 Å². The lowest BCUT2D eigenvalue weighted by molar-refractivity contribution is -0.135. The number of nitrogens with one attached hydrogen (secondary N) is 1. The minimum Gasteiger partial charge on any atom is -0.345 e. The molecule has 2 unspecified atom stereocenters. The summed E-state index contributed by atoms with van der Waals surface area (Å²) in [6, 6.07) is -0.636. The van der Waals surface area contributed by atoms with Gasteiger partial charge in [-0.2, -0.15) is 0 Å². The summed E-state index contributed by atoms with van der Waals surface area (Å²) < 4.78 is 0. The summed E-state index contributed by atoms with van der Waals surface area (Å²) in [5.74, 6) is 0.147. The highest BCUT2D eigenvalue weighted by molar-refractivity contribution is 5.84. The third-order valence-corrected chi connectivity index (χ3v) is 4.01. The van der Waals surface area contributed by atoms with Crippen molar-refractivity contribution < 1.29 is 9.59 Å². The van der Waals surface area contributed by atoms with E-state index in [1.54, 1.807) is 11.9 Å². The monoisotopic (exact) mass is 283 g/mol. The predicted molar refractivity (Wildman–Crippen MR) is 80.4 cm³/mol. The molecule has 0 saturated carbocycles. The SMILES string of the molecule is CCN(C)C(=O)C(C)NC(C)C(=O)N1CCCCCC1. The van der Waals surface area contributed by atoms with Crippen LogP contribution >= 0.6 is 0 Å². The van der Waals surface area contributed by atoms with Crippen LogP contribution in [0.2, 0.25) is 0 Å². The number of hydrogen-bond donors (Lipinski definition) is 1. The molecule has 2 atom stereocenters. The Morgan fingerprint density at radius 2 is 1.65 bits per heavy atom. The van der Waals surface area contributed by atoms with E-state index in [9.17, 15) is 9.59 Å². The summed E-state index contributed by atoms with van der Waals surface area (Å²) in [5.41, 5.74) is 0. The molecule has 0 aromatic heterocycles. The second-order valence-electron chi connectivity index (χ2n) is 5.70. The van der Waals surface area contributed by atoms with E-state index in [2.05, 4.69) is 5.32 Å². The summed E-state index contributed by atoms with van der Waals surface area (Å²) in [7, 11) is 1.78. The van der Waals surface area contributed by atoms with Crippen LogP contribution in [-0.4, -0.2) is 60.4 Å². The topological polar surface area (TPSA) is 52.7 Å². The average molecular weight is 283 g/mol. The lowest BCUT2D eigenvalue weighted by atomic mass is 10.2. The van der Waals surface area contributed by atoms with Crippen molar-refractivity contribution in [2.75, 3.05) is 26.7 Å². The average Bonchev–Trinajstić information content (AvgIpc) is 2.73. The number of nitrogens with zero attached hydrogens (tertiary/aromatic N) is 2. The van der Waals surface area contributed by atoms with Gasteiger partial charge in [0.15, 0.2) is 0 Å². The molecule has 0 radical (unpaired) electrons. The van der Waals surface area contributed by atoms with Crippen molar-refractivity contribution in [2.45, 2.75) is 58.5 Å². The van der Waals surface area contributed by atoms with Gasteiger partial charge in [0.1, 0.15) is 0 Å². The predicted octanol–water partition coefficient (Wildman–Crippen LogP) is 1.23. The molecule has 1 heterocycles. The molecule has 116 valence electrons. The molecule has 2 amide bonds. The maximum absolute atomic E-state index is 12.4. The lowest BCUT2D eigenvalue weighted by Gasteiger charge is -2.27. The number of carbonyl (C=O) groups excluding carboxylic acids is 2. The van der Waals surface area contributed by atoms with E-state index in [1.807, 2.05) is 25.7 Å². The number of hydrogen-bond acceptors (Lipinski definition) is 3. The summed E-state index contributed by atoms with van der Waals surface area (Å²) in [4.78, 5) is 28.0. The molecular weight excluding hydrogens is 254 g/mol. The van der Waals surface area contributed by atoms with E-state index in [1.165, 1.54) is 12.8 Å². The third kappa shape index (κ3) is 4.78. The first-order valence-corrected chi connectivity index (χ1v) is 7.77. The number of amides is 2. The standard InChI is InChI=1S/C15H29N3O2/c1-5-17(4)14(19)12(2)16-13(3)15(20)18-10-8-6-7-9-11-18/h12-13,16H,5-11H2,1-4H3. The van der Waals surface area contributed by atoms with Gasteiger partial charge in [-0.15, -0.1) is 0 Å². The van der Waals surface area contributed by atoms with E-state index >= 15 is 0 Å². The Balaban J connectivity index is 2.49. The van der Waals surface area contributed by atoms with Crippen molar-refractivity contribution >= 4 is 11.8 Å². The van der Waals surface area contributed by atoms with E-state index in [4.69, 9.17) is 0 Å². The maximum Gasteiger partial charge on any atom is 0.239 e. The molecule has 0 spiro atoms. The van der Waals surface area contributed by atoms with Crippen LogP contribution in [0, 0.1) is 0 Å². The zero-order chi connectivity index (χ0) is 15.1. The molecule has 5 nitrogen and oxygen atoms in total. The van der Waals surface area contributed by atoms with Crippen molar-refractivity contribution in [3.05, 3.63) is 0 Å². The second kappa shape index (κ2) is 8.25. The highest BCUT2D eigenvalue weighted by Gasteiger charge is 2.25. The summed E-state index contributed by atoms with van der Waals surface area (Å²) in [6.45, 7) is 7.99. The van der Waals surface area contributed by atoms with Crippen molar-refractivity contribution in [3.63, 3.8) is 0 Å². The fourth-order valence-electron chi connectivity index (χ4n) is 2.57. The van der Waals surface area contributed by atoms with Gasteiger partial charge in [0.2, 0.25) is 11.8 Å². The third-order valence-electron chi connectivity index (χ3n) is 4.01. The molecule has 1 N–H and O–H groups in total. The smallest absolute Gasteiger partial charge is 0.239 e. The highest BCUT2D eigenvalue weighted by atomic mass is 16.2. The molecule has 0 aromatic rings. The Morgan fingerprint density at radius 3 is 2.15 bits per heavy atom. The molecular formula is C15H29N3O2. The Labute approximate surface area is 122 Å². The van der Waals surface area contributed by atoms with E-state index in [0.29, 0.717) is 6.54 Å². The lowest BCUT2D eigenvalue weighted by Crippen LogP contribution is -2.52. The highest BCUT2D eigenvalue weighted by Crippen LogP contribution is 2.11. The molecule has 0 aliphatic carbocycles. The molecule has 1 saturated heterocycles. The second-order valence-corrected chi connectivity index (χ2v) is 5.70. The van der Waals surface area contributed by atoms with Gasteiger partial charge in [-0.25, -0.2) is 0 Å². The normalized spacial score (nSPS) is 19.1. The van der Waals surface area contributed by atoms with Gasteiger partial charge in [-0.3, -0.25) is 14.9 Å². The van der Waals surface area contributed by atoms with Crippen LogP contribution in [0.4, 0.5) is 0 Å². The zero-order valence-electron chi connectivity index (χ0n) is 13.3. The van der Waals surface area contributed by atoms with E-state index in [0.717, 1.165) is 25.9 Å². The fourth-order valence-corrected chi connectivity index (χ4v) is 2.57. The van der Waals surface area contributed by atoms with Gasteiger partial charge >= 0.3 is 0 Å². The Morgan fingerprint density at radius 1 is 1.10 bits per heavy atom. The Bertz CT molecular complexity index is 325. The van der Waals surface area contributed by atoms with Gasteiger partial charge in [0.25, 0.3) is 0 Å². The molecule has 5 heteroatoms. The van der Waals surface area contributed by atoms with Crippen LogP contribution in [-0.2, 0) is 9.59 Å². The molecule has 1 aliphatic heterocycles. The van der Waals surface area contributed by atoms with Gasteiger partial charge in [-0.05, 0) is 33.6 Å². The van der Waals surface area contributed by atoms with Crippen LogP contribution in [0.15, 0.2) is 0 Å². The van der Waals surface area contributed by atoms with Gasteiger partial charge < -0.3 is 9.80 Å². The first-order valence-electron chi connectivity index (χ1n) is 7.77. The molecule has 0 aromatic carbocycles. The van der Waals surface area contributed by atoms with E-state index in [-0.39, 0.29) is 23.9 Å². The van der Waals surface area contributed by atoms with Crippen LogP contribution in [0.25, 0.3) is 0 Å². The largest absolute Gasteiger partial charge is 0.345 e. The first kappa shape index (κ1) is 17.0. The molecule has 0 bridgehead atoms. The Hall–Kier alpha value is -1.10. The van der Waals surface area contributed by atoms with Gasteiger partial charge in [0.05, 0.1) is 12.1 Å². The van der Waals surface area contributed by atoms with Gasteiger partial charge in [0, 0.05) is 26.7 Å². The summed E-state index contributed by atoms with van der Waals surface area (Å²) in [6.07, 6.45) is 4.60. The number of rotatable bonds is 5. The van der Waals surface area contributed by atoms with Crippen LogP contribution < -0.4 is 5.32 Å². The molecule has 1 aliphatic rings. The van der Waals surface area contributed by atoms with Crippen molar-refractivity contribution in [2.24, 2.45) is 0 Å². The first-order chi connectivity index (χ1) is 9.47. The minimum atomic E-state index is -0.328. The quantitative estimate of drug-likeness (QED) is 0.826. The fraction of sp³-hybridized carbons (Fsp3) is 0.867. The van der Waals surface area contributed by atoms with Crippen LogP contribution in [0.3, 0.4) is 0 Å². The Kier molecular flexibility index (Phi) is 6.99.